The van der Waals surface area contributed by atoms with Gasteiger partial charge in [-0.3, -0.25) is 0 Å². The summed E-state index contributed by atoms with van der Waals surface area (Å²) in [6, 6.07) is 0. The summed E-state index contributed by atoms with van der Waals surface area (Å²) in [7, 11) is 0. The van der Waals surface area contributed by atoms with Crippen LogP contribution in [0.2, 0.25) is 0 Å². The van der Waals surface area contributed by atoms with Crippen molar-refractivity contribution in [2.45, 2.75) is 32.6 Å². The van der Waals surface area contributed by atoms with Gasteiger partial charge in [-0.2, -0.15) is 0 Å². The molecule has 2 aliphatic rings. The third-order valence-corrected chi connectivity index (χ3v) is 2.81. The van der Waals surface area contributed by atoms with Gasteiger partial charge in [0.25, 0.3) is 0 Å². The summed E-state index contributed by atoms with van der Waals surface area (Å²) in [4.78, 5) is 10.8. The van der Waals surface area contributed by atoms with E-state index in [4.69, 9.17) is 4.74 Å². The number of rotatable bonds is 4. The molecule has 0 atom stereocenters. The van der Waals surface area contributed by atoms with Crippen LogP contribution in [0, 0.1) is 5.92 Å². The minimum atomic E-state index is 0.670. The van der Waals surface area contributed by atoms with Crippen LogP contribution in [0.4, 0.5) is 0 Å². The summed E-state index contributed by atoms with van der Waals surface area (Å²) in [6.07, 6.45) is 8.29. The molecule has 0 bridgehead atoms. The second-order valence-corrected chi connectivity index (χ2v) is 4.15. The molecule has 2 rings (SSSR count). The van der Waals surface area contributed by atoms with E-state index < -0.39 is 0 Å². The topological polar surface area (TPSA) is 26.3 Å². The van der Waals surface area contributed by atoms with Crippen molar-refractivity contribution in [1.29, 1.82) is 0 Å². The van der Waals surface area contributed by atoms with E-state index in [0.29, 0.717) is 12.2 Å². The van der Waals surface area contributed by atoms with Gasteiger partial charge < -0.3 is 4.74 Å². The van der Waals surface area contributed by atoms with Crippen molar-refractivity contribution in [2.75, 3.05) is 6.61 Å². The molecule has 0 aromatic heterocycles. The Morgan fingerprint density at radius 2 is 2.27 bits per heavy atom. The van der Waals surface area contributed by atoms with Crippen LogP contribution in [0.5, 0.6) is 0 Å². The maximum atomic E-state index is 10.8. The van der Waals surface area contributed by atoms with Crippen LogP contribution in [0.1, 0.15) is 32.6 Å². The average molecular weight is 204 g/mol. The normalized spacial score (nSPS) is 20.5. The minimum Gasteiger partial charge on any atom is -0.493 e. The Morgan fingerprint density at radius 3 is 2.87 bits per heavy atom. The second kappa shape index (κ2) is 4.50. The number of allylic oxidation sites excluding steroid dienone is 4. The zero-order chi connectivity index (χ0) is 10.7. The molecule has 0 N–H and O–H groups in total. The van der Waals surface area contributed by atoms with Crippen LogP contribution < -0.4 is 0 Å². The molecule has 1 saturated carbocycles. The Labute approximate surface area is 90.3 Å². The van der Waals surface area contributed by atoms with Gasteiger partial charge in [0.2, 0.25) is 0 Å². The summed E-state index contributed by atoms with van der Waals surface area (Å²) in [5, 5.41) is 0. The van der Waals surface area contributed by atoms with Crippen molar-refractivity contribution in [3.63, 3.8) is 0 Å². The highest BCUT2D eigenvalue weighted by molar-refractivity contribution is 5.62. The van der Waals surface area contributed by atoms with Gasteiger partial charge in [0.05, 0.1) is 12.2 Å². The maximum Gasteiger partial charge on any atom is 0.133 e. The quantitative estimate of drug-likeness (QED) is 0.658. The molecule has 0 heterocycles. The molecule has 80 valence electrons. The summed E-state index contributed by atoms with van der Waals surface area (Å²) >= 11 is 0. The highest BCUT2D eigenvalue weighted by atomic mass is 16.5. The molecular formula is C13H16O2. The predicted octanol–water partition coefficient (Wildman–Crippen LogP) is 2.80. The largest absolute Gasteiger partial charge is 0.493 e. The first-order valence-corrected chi connectivity index (χ1v) is 5.63. The van der Waals surface area contributed by atoms with Crippen LogP contribution in [-0.2, 0) is 9.53 Å². The molecule has 0 aliphatic heterocycles. The van der Waals surface area contributed by atoms with E-state index in [1.807, 2.05) is 12.0 Å². The first-order chi connectivity index (χ1) is 7.35. The molecule has 0 unspecified atom stereocenters. The smallest absolute Gasteiger partial charge is 0.133 e. The Balaban J connectivity index is 2.10. The molecule has 0 amide bonds. The van der Waals surface area contributed by atoms with Crippen LogP contribution in [0.15, 0.2) is 29.1 Å². The molecular weight excluding hydrogens is 188 g/mol. The van der Waals surface area contributed by atoms with Crippen LogP contribution in [0.3, 0.4) is 0 Å². The third-order valence-electron chi connectivity index (χ3n) is 2.81. The fourth-order valence-corrected chi connectivity index (χ4v) is 1.80. The lowest BCUT2D eigenvalue weighted by molar-refractivity contribution is 0.219. The van der Waals surface area contributed by atoms with Gasteiger partial charge in [0.1, 0.15) is 11.7 Å². The highest BCUT2D eigenvalue weighted by Gasteiger charge is 2.28. The summed E-state index contributed by atoms with van der Waals surface area (Å²) in [5.74, 6) is 3.45. The Morgan fingerprint density at radius 1 is 1.47 bits per heavy atom. The van der Waals surface area contributed by atoms with Gasteiger partial charge in [-0.1, -0.05) is 18.6 Å². The zero-order valence-electron chi connectivity index (χ0n) is 9.08. The van der Waals surface area contributed by atoms with E-state index in [-0.39, 0.29) is 0 Å². The molecule has 0 aromatic carbocycles. The average Bonchev–Trinajstić information content (AvgIpc) is 3.10. The van der Waals surface area contributed by atoms with E-state index in [2.05, 4.69) is 13.0 Å². The molecule has 2 nitrogen and oxygen atoms in total. The molecule has 1 fully saturated rings. The number of hydrogen-bond donors (Lipinski definition) is 0. The van der Waals surface area contributed by atoms with Crippen molar-refractivity contribution in [1.82, 2.24) is 0 Å². The number of hydrogen-bond acceptors (Lipinski definition) is 2. The molecule has 0 spiro atoms. The summed E-state index contributed by atoms with van der Waals surface area (Å²) in [6.45, 7) is 2.72. The van der Waals surface area contributed by atoms with Crippen LogP contribution in [0.25, 0.3) is 0 Å². The summed E-state index contributed by atoms with van der Waals surface area (Å²) in [5.41, 5.74) is 2.06. The van der Waals surface area contributed by atoms with Gasteiger partial charge in [-0.25, -0.2) is 4.79 Å². The van der Waals surface area contributed by atoms with Crippen molar-refractivity contribution in [2.24, 2.45) is 5.92 Å². The third kappa shape index (κ3) is 2.40. The van der Waals surface area contributed by atoms with Gasteiger partial charge in [-0.05, 0) is 31.3 Å². The molecule has 2 heteroatoms. The molecule has 0 aromatic rings. The van der Waals surface area contributed by atoms with E-state index in [9.17, 15) is 4.79 Å². The van der Waals surface area contributed by atoms with E-state index in [1.54, 1.807) is 0 Å². The standard InChI is InChI=1S/C13H16O2/c1-2-7-15-13-6-5-11(10-3-4-10)8-12(13)9-14/h5-6,10H,2-4,7-8H2,1H3. The van der Waals surface area contributed by atoms with Gasteiger partial charge in [-0.15, -0.1) is 0 Å². The van der Waals surface area contributed by atoms with Crippen molar-refractivity contribution < 1.29 is 9.53 Å². The Kier molecular flexibility index (Phi) is 3.08. The lowest BCUT2D eigenvalue weighted by atomic mass is 9.96. The number of carbonyl (C=O) groups excluding carboxylic acids is 1. The Hall–Kier alpha value is -1.27. The lowest BCUT2D eigenvalue weighted by Crippen LogP contribution is -2.04. The first-order valence-electron chi connectivity index (χ1n) is 5.63. The van der Waals surface area contributed by atoms with Crippen molar-refractivity contribution in [3.8, 4) is 0 Å². The highest BCUT2D eigenvalue weighted by Crippen LogP contribution is 2.41. The maximum absolute atomic E-state index is 10.8. The van der Waals surface area contributed by atoms with Gasteiger partial charge in [0, 0.05) is 6.42 Å². The fraction of sp³-hybridized carbons (Fsp3) is 0.538. The monoisotopic (exact) mass is 204 g/mol. The minimum absolute atomic E-state index is 0.670. The molecule has 0 saturated heterocycles. The molecule has 2 aliphatic carbocycles. The van der Waals surface area contributed by atoms with Gasteiger partial charge >= 0.3 is 0 Å². The van der Waals surface area contributed by atoms with E-state index >= 15 is 0 Å². The summed E-state index contributed by atoms with van der Waals surface area (Å²) < 4.78 is 5.50. The molecule has 15 heavy (non-hydrogen) atoms. The van der Waals surface area contributed by atoms with Gasteiger partial charge in [0.15, 0.2) is 0 Å². The van der Waals surface area contributed by atoms with E-state index in [0.717, 1.165) is 24.5 Å². The van der Waals surface area contributed by atoms with Crippen LogP contribution >= 0.6 is 0 Å². The Bertz CT molecular complexity index is 353. The SMILES string of the molecule is CCCOC1=CC=C(C2CC2)CC1=C=O. The molecule has 0 radical (unpaired) electrons. The lowest BCUT2D eigenvalue weighted by Gasteiger charge is -2.15. The van der Waals surface area contributed by atoms with E-state index in [1.165, 1.54) is 18.4 Å². The predicted molar refractivity (Wildman–Crippen MR) is 59.0 cm³/mol. The zero-order valence-corrected chi connectivity index (χ0v) is 9.08. The second-order valence-electron chi connectivity index (χ2n) is 4.15. The van der Waals surface area contributed by atoms with Crippen molar-refractivity contribution >= 4 is 5.94 Å². The first kappa shape index (κ1) is 10.3. The fourth-order valence-electron chi connectivity index (χ4n) is 1.80. The van der Waals surface area contributed by atoms with Crippen molar-refractivity contribution in [3.05, 3.63) is 29.1 Å². The van der Waals surface area contributed by atoms with Crippen LogP contribution in [-0.4, -0.2) is 12.5 Å². The number of ether oxygens (including phenoxy) is 1.